The minimum absolute atomic E-state index is 0.214. The number of carbonyl (C=O) groups excluding carboxylic acids is 1. The molecule has 0 radical (unpaired) electrons. The maximum atomic E-state index is 12.3. The van der Waals surface area contributed by atoms with Gasteiger partial charge in [-0.05, 0) is 55.8 Å². The van der Waals surface area contributed by atoms with E-state index in [1.54, 1.807) is 50.4 Å². The van der Waals surface area contributed by atoms with E-state index in [2.05, 4.69) is 5.32 Å². The third kappa shape index (κ3) is 4.79. The molecule has 1 N–H and O–H groups in total. The summed E-state index contributed by atoms with van der Waals surface area (Å²) >= 11 is 11.9. The molecule has 0 aliphatic heterocycles. The van der Waals surface area contributed by atoms with Gasteiger partial charge in [0.2, 0.25) is 0 Å². The van der Waals surface area contributed by atoms with Crippen LogP contribution >= 0.6 is 23.2 Å². The molecule has 0 fully saturated rings. The van der Waals surface area contributed by atoms with Crippen LogP contribution in [0.3, 0.4) is 0 Å². The van der Waals surface area contributed by atoms with Gasteiger partial charge in [0.05, 0.1) is 23.2 Å². The SMILES string of the molecule is COc1ccc(OC(C)C(=O)NC(C)c2ccc(Cl)c(Cl)c2)cc1. The van der Waals surface area contributed by atoms with Crippen LogP contribution in [-0.4, -0.2) is 19.1 Å². The molecular weight excluding hydrogens is 349 g/mol. The number of hydrogen-bond donors (Lipinski definition) is 1. The zero-order valence-corrected chi connectivity index (χ0v) is 15.2. The molecule has 0 spiro atoms. The zero-order chi connectivity index (χ0) is 17.7. The van der Waals surface area contributed by atoms with Crippen molar-refractivity contribution in [2.45, 2.75) is 26.0 Å². The molecule has 24 heavy (non-hydrogen) atoms. The minimum Gasteiger partial charge on any atom is -0.497 e. The van der Waals surface area contributed by atoms with Crippen molar-refractivity contribution >= 4 is 29.1 Å². The first-order chi connectivity index (χ1) is 11.4. The molecule has 0 saturated carbocycles. The van der Waals surface area contributed by atoms with Crippen molar-refractivity contribution in [2.24, 2.45) is 0 Å². The fourth-order valence-corrected chi connectivity index (χ4v) is 2.41. The monoisotopic (exact) mass is 367 g/mol. The number of halogens is 2. The van der Waals surface area contributed by atoms with Crippen molar-refractivity contribution in [1.29, 1.82) is 0 Å². The summed E-state index contributed by atoms with van der Waals surface area (Å²) in [7, 11) is 1.59. The Labute approximate surface area is 151 Å². The van der Waals surface area contributed by atoms with Crippen LogP contribution in [0, 0.1) is 0 Å². The van der Waals surface area contributed by atoms with Crippen molar-refractivity contribution in [3.8, 4) is 11.5 Å². The van der Waals surface area contributed by atoms with Crippen LogP contribution in [0.4, 0.5) is 0 Å². The van der Waals surface area contributed by atoms with E-state index in [4.69, 9.17) is 32.7 Å². The lowest BCUT2D eigenvalue weighted by molar-refractivity contribution is -0.127. The molecule has 4 nitrogen and oxygen atoms in total. The summed E-state index contributed by atoms with van der Waals surface area (Å²) in [6, 6.07) is 12.1. The maximum Gasteiger partial charge on any atom is 0.261 e. The first kappa shape index (κ1) is 18.4. The van der Waals surface area contributed by atoms with Gasteiger partial charge in [-0.25, -0.2) is 0 Å². The van der Waals surface area contributed by atoms with Crippen molar-refractivity contribution in [3.63, 3.8) is 0 Å². The summed E-state index contributed by atoms with van der Waals surface area (Å²) in [5, 5.41) is 3.83. The zero-order valence-electron chi connectivity index (χ0n) is 13.7. The van der Waals surface area contributed by atoms with Crippen LogP contribution in [0.25, 0.3) is 0 Å². The third-order valence-electron chi connectivity index (χ3n) is 3.54. The Morgan fingerprint density at radius 3 is 2.21 bits per heavy atom. The number of carbonyl (C=O) groups is 1. The van der Waals surface area contributed by atoms with E-state index in [0.29, 0.717) is 15.8 Å². The van der Waals surface area contributed by atoms with Crippen LogP contribution < -0.4 is 14.8 Å². The van der Waals surface area contributed by atoms with Crippen molar-refractivity contribution < 1.29 is 14.3 Å². The molecule has 6 heteroatoms. The fourth-order valence-electron chi connectivity index (χ4n) is 2.11. The molecule has 0 bridgehead atoms. The van der Waals surface area contributed by atoms with Gasteiger partial charge in [0.15, 0.2) is 6.10 Å². The lowest BCUT2D eigenvalue weighted by Gasteiger charge is -2.19. The topological polar surface area (TPSA) is 47.6 Å². The molecule has 2 aromatic rings. The number of hydrogen-bond acceptors (Lipinski definition) is 3. The van der Waals surface area contributed by atoms with Crippen molar-refractivity contribution in [3.05, 3.63) is 58.1 Å². The van der Waals surface area contributed by atoms with E-state index < -0.39 is 6.10 Å². The standard InChI is InChI=1S/C18H19Cl2NO3/c1-11(13-4-9-16(19)17(20)10-13)21-18(22)12(2)24-15-7-5-14(23-3)6-8-15/h4-12H,1-3H3,(H,21,22). The van der Waals surface area contributed by atoms with Gasteiger partial charge in [0.1, 0.15) is 11.5 Å². The molecule has 1 amide bonds. The molecule has 0 saturated heterocycles. The second-order valence-electron chi connectivity index (χ2n) is 5.34. The van der Waals surface area contributed by atoms with E-state index in [1.165, 1.54) is 0 Å². The number of nitrogens with one attached hydrogen (secondary N) is 1. The van der Waals surface area contributed by atoms with Gasteiger partial charge in [-0.15, -0.1) is 0 Å². The Hall–Kier alpha value is -1.91. The van der Waals surface area contributed by atoms with Crippen molar-refractivity contribution in [1.82, 2.24) is 5.32 Å². The summed E-state index contributed by atoms with van der Waals surface area (Å²) in [6.45, 7) is 3.57. The van der Waals surface area contributed by atoms with Gasteiger partial charge in [0, 0.05) is 0 Å². The first-order valence-corrected chi connectivity index (χ1v) is 8.22. The lowest BCUT2D eigenvalue weighted by atomic mass is 10.1. The van der Waals surface area contributed by atoms with E-state index in [-0.39, 0.29) is 11.9 Å². The lowest BCUT2D eigenvalue weighted by Crippen LogP contribution is -2.37. The van der Waals surface area contributed by atoms with E-state index in [9.17, 15) is 4.79 Å². The molecule has 128 valence electrons. The molecule has 0 heterocycles. The normalized spacial score (nSPS) is 13.0. The summed E-state index contributed by atoms with van der Waals surface area (Å²) < 4.78 is 10.7. The molecule has 0 aromatic heterocycles. The Morgan fingerprint density at radius 1 is 1.00 bits per heavy atom. The van der Waals surface area contributed by atoms with Gasteiger partial charge in [-0.2, -0.15) is 0 Å². The molecule has 2 aromatic carbocycles. The average Bonchev–Trinajstić information content (AvgIpc) is 2.57. The Morgan fingerprint density at radius 2 is 1.62 bits per heavy atom. The molecule has 2 unspecified atom stereocenters. The number of ether oxygens (including phenoxy) is 2. The summed E-state index contributed by atoms with van der Waals surface area (Å²) in [6.07, 6.45) is -0.636. The van der Waals surface area contributed by atoms with Gasteiger partial charge in [-0.1, -0.05) is 29.3 Å². The highest BCUT2D eigenvalue weighted by molar-refractivity contribution is 6.42. The maximum absolute atomic E-state index is 12.3. The van der Waals surface area contributed by atoms with Gasteiger partial charge < -0.3 is 14.8 Å². The number of benzene rings is 2. The van der Waals surface area contributed by atoms with Gasteiger partial charge >= 0.3 is 0 Å². The summed E-state index contributed by atoms with van der Waals surface area (Å²) in [4.78, 5) is 12.3. The van der Waals surface area contributed by atoms with E-state index >= 15 is 0 Å². The molecular formula is C18H19Cl2NO3. The quantitative estimate of drug-likeness (QED) is 0.808. The Balaban J connectivity index is 1.95. The largest absolute Gasteiger partial charge is 0.497 e. The fraction of sp³-hybridized carbons (Fsp3) is 0.278. The van der Waals surface area contributed by atoms with E-state index in [1.807, 2.05) is 13.0 Å². The van der Waals surface area contributed by atoms with Crippen molar-refractivity contribution in [2.75, 3.05) is 7.11 Å². The van der Waals surface area contributed by atoms with Gasteiger partial charge in [0.25, 0.3) is 5.91 Å². The molecule has 0 aliphatic rings. The predicted molar refractivity (Wildman–Crippen MR) is 96.1 cm³/mol. The summed E-state index contributed by atoms with van der Waals surface area (Å²) in [5.74, 6) is 1.11. The third-order valence-corrected chi connectivity index (χ3v) is 4.28. The van der Waals surface area contributed by atoms with Crippen LogP contribution in [0.1, 0.15) is 25.5 Å². The van der Waals surface area contributed by atoms with Crippen LogP contribution in [0.2, 0.25) is 10.0 Å². The van der Waals surface area contributed by atoms with Gasteiger partial charge in [-0.3, -0.25) is 4.79 Å². The Bertz CT molecular complexity index is 704. The second-order valence-corrected chi connectivity index (χ2v) is 6.15. The van der Waals surface area contributed by atoms with Crippen LogP contribution in [0.15, 0.2) is 42.5 Å². The predicted octanol–water partition coefficient (Wildman–Crippen LogP) is 4.65. The van der Waals surface area contributed by atoms with Crippen LogP contribution in [0.5, 0.6) is 11.5 Å². The van der Waals surface area contributed by atoms with Crippen LogP contribution in [-0.2, 0) is 4.79 Å². The summed E-state index contributed by atoms with van der Waals surface area (Å²) in [5.41, 5.74) is 0.870. The number of rotatable bonds is 6. The highest BCUT2D eigenvalue weighted by Crippen LogP contribution is 2.25. The van der Waals surface area contributed by atoms with E-state index in [0.717, 1.165) is 11.3 Å². The average molecular weight is 368 g/mol. The molecule has 2 atom stereocenters. The minimum atomic E-state index is -0.636. The smallest absolute Gasteiger partial charge is 0.261 e. The highest BCUT2D eigenvalue weighted by atomic mass is 35.5. The highest BCUT2D eigenvalue weighted by Gasteiger charge is 2.18. The molecule has 2 rings (SSSR count). The number of amides is 1. The first-order valence-electron chi connectivity index (χ1n) is 7.46. The Kier molecular flexibility index (Phi) is 6.35. The second kappa shape index (κ2) is 8.27. The molecule has 0 aliphatic carbocycles. The number of methoxy groups -OCH3 is 1.